The van der Waals surface area contributed by atoms with Gasteiger partial charge in [-0.1, -0.05) is 69.2 Å². The summed E-state index contributed by atoms with van der Waals surface area (Å²) >= 11 is -0.421. The molecule has 2 rings (SSSR count). The number of halogens is 2. The van der Waals surface area contributed by atoms with Gasteiger partial charge in [-0.15, -0.1) is 4.33 Å². The summed E-state index contributed by atoms with van der Waals surface area (Å²) in [6.07, 6.45) is 11.6. The Labute approximate surface area is 152 Å². The summed E-state index contributed by atoms with van der Waals surface area (Å²) in [7, 11) is 1.11. The first-order valence-corrected chi connectivity index (χ1v) is 9.89. The Hall–Kier alpha value is -0.440. The monoisotopic (exact) mass is 382 g/mol. The number of carbonyl (C=O) groups excluding carboxylic acids is 1. The molecule has 0 aliphatic heterocycles. The SMILES string of the molecule is COOOSC(F)(F)C(=O)OCC(C1CCCCC1)C1CCCCC1. The van der Waals surface area contributed by atoms with Crippen molar-refractivity contribution in [3.63, 3.8) is 0 Å². The molecule has 0 N–H and O–H groups in total. The first kappa shape index (κ1) is 20.9. The normalized spacial score (nSPS) is 20.8. The van der Waals surface area contributed by atoms with Gasteiger partial charge in [0.15, 0.2) is 0 Å². The van der Waals surface area contributed by atoms with Gasteiger partial charge in [0.25, 0.3) is 0 Å². The number of alkyl halides is 2. The molecule has 2 saturated carbocycles. The minimum atomic E-state index is -3.83. The zero-order valence-corrected chi connectivity index (χ0v) is 15.5. The zero-order valence-electron chi connectivity index (χ0n) is 14.7. The van der Waals surface area contributed by atoms with Gasteiger partial charge in [-0.2, -0.15) is 8.78 Å². The van der Waals surface area contributed by atoms with Gasteiger partial charge < -0.3 is 4.74 Å². The van der Waals surface area contributed by atoms with Crippen LogP contribution in [0.15, 0.2) is 0 Å². The molecule has 0 unspecified atom stereocenters. The number of ether oxygens (including phenoxy) is 1. The standard InChI is InChI=1S/C17H28F2O5S/c1-21-23-24-25-17(18,19)16(20)22-12-15(13-8-4-2-5-9-13)14-10-6-3-7-11-14/h13-15H,2-12H2,1H3. The highest BCUT2D eigenvalue weighted by molar-refractivity contribution is 7.96. The number of hydrogen-bond donors (Lipinski definition) is 0. The van der Waals surface area contributed by atoms with Crippen molar-refractivity contribution < 1.29 is 32.6 Å². The van der Waals surface area contributed by atoms with Gasteiger partial charge in [0.2, 0.25) is 0 Å². The van der Waals surface area contributed by atoms with Gasteiger partial charge in [0.05, 0.1) is 13.7 Å². The van der Waals surface area contributed by atoms with Crippen molar-refractivity contribution in [3.8, 4) is 0 Å². The van der Waals surface area contributed by atoms with Crippen LogP contribution in [-0.4, -0.2) is 24.9 Å². The smallest absolute Gasteiger partial charge is 0.415 e. The lowest BCUT2D eigenvalue weighted by Crippen LogP contribution is -2.35. The number of hydrogen-bond acceptors (Lipinski definition) is 6. The van der Waals surface area contributed by atoms with Gasteiger partial charge in [0.1, 0.15) is 12.0 Å². The third kappa shape index (κ3) is 6.66. The minimum absolute atomic E-state index is 0.0649. The maximum atomic E-state index is 13.7. The summed E-state index contributed by atoms with van der Waals surface area (Å²) in [4.78, 5) is 15.8. The predicted molar refractivity (Wildman–Crippen MR) is 89.3 cm³/mol. The van der Waals surface area contributed by atoms with Crippen molar-refractivity contribution in [3.05, 3.63) is 0 Å². The fourth-order valence-corrected chi connectivity index (χ4v) is 4.45. The fourth-order valence-electron chi connectivity index (χ4n) is 4.16. The second-order valence-corrected chi connectivity index (χ2v) is 7.78. The fraction of sp³-hybridized carbons (Fsp3) is 0.941. The molecule has 0 aromatic carbocycles. The summed E-state index contributed by atoms with van der Waals surface area (Å²) in [5.41, 5.74) is 0. The third-order valence-corrected chi connectivity index (χ3v) is 5.89. The molecule has 2 fully saturated rings. The van der Waals surface area contributed by atoms with Crippen molar-refractivity contribution in [2.75, 3.05) is 13.7 Å². The predicted octanol–water partition coefficient (Wildman–Crippen LogP) is 5.06. The van der Waals surface area contributed by atoms with Crippen LogP contribution in [0.3, 0.4) is 0 Å². The lowest BCUT2D eigenvalue weighted by Gasteiger charge is -2.37. The van der Waals surface area contributed by atoms with E-state index in [4.69, 9.17) is 4.74 Å². The molecular formula is C17H28F2O5S. The summed E-state index contributed by atoms with van der Waals surface area (Å²) in [6.45, 7) is 0.0649. The van der Waals surface area contributed by atoms with Crippen molar-refractivity contribution in [2.24, 2.45) is 17.8 Å². The topological polar surface area (TPSA) is 54.0 Å². The lowest BCUT2D eigenvalue weighted by molar-refractivity contribution is -0.448. The first-order chi connectivity index (χ1) is 12.0. The second kappa shape index (κ2) is 10.6. The Morgan fingerprint density at radius 2 is 1.56 bits per heavy atom. The van der Waals surface area contributed by atoms with Gasteiger partial charge in [-0.05, 0) is 17.8 Å². The van der Waals surface area contributed by atoms with E-state index >= 15 is 0 Å². The Bertz CT molecular complexity index is 380. The van der Waals surface area contributed by atoms with E-state index in [0.717, 1.165) is 32.8 Å². The molecule has 0 aromatic rings. The van der Waals surface area contributed by atoms with E-state index in [1.165, 1.54) is 38.5 Å². The molecule has 0 spiro atoms. The minimum Gasteiger partial charge on any atom is -0.460 e. The molecule has 25 heavy (non-hydrogen) atoms. The molecule has 0 radical (unpaired) electrons. The molecule has 5 nitrogen and oxygen atoms in total. The quantitative estimate of drug-likeness (QED) is 0.183. The Balaban J connectivity index is 1.90. The maximum absolute atomic E-state index is 13.7. The molecule has 2 aliphatic carbocycles. The number of carbonyl (C=O) groups is 1. The third-order valence-electron chi connectivity index (χ3n) is 5.39. The summed E-state index contributed by atoms with van der Waals surface area (Å²) in [6, 6.07) is 0. The largest absolute Gasteiger partial charge is 0.460 e. The maximum Gasteiger partial charge on any atom is 0.415 e. The van der Waals surface area contributed by atoms with E-state index in [-0.39, 0.29) is 12.5 Å². The molecule has 8 heteroatoms. The van der Waals surface area contributed by atoms with Gasteiger partial charge >= 0.3 is 11.2 Å². The summed E-state index contributed by atoms with van der Waals surface area (Å²) in [5.74, 6) is -0.465. The molecule has 0 aromatic heterocycles. The van der Waals surface area contributed by atoms with Crippen LogP contribution in [0, 0.1) is 17.8 Å². The van der Waals surface area contributed by atoms with Crippen LogP contribution in [0.25, 0.3) is 0 Å². The van der Waals surface area contributed by atoms with E-state index in [1.54, 1.807) is 0 Å². The molecule has 0 heterocycles. The Morgan fingerprint density at radius 1 is 1.04 bits per heavy atom. The molecule has 0 atom stereocenters. The van der Waals surface area contributed by atoms with Crippen molar-refractivity contribution in [1.82, 2.24) is 0 Å². The first-order valence-electron chi connectivity index (χ1n) is 9.15. The lowest BCUT2D eigenvalue weighted by atomic mass is 9.70. The van der Waals surface area contributed by atoms with Crippen LogP contribution in [0.1, 0.15) is 64.2 Å². The van der Waals surface area contributed by atoms with Crippen LogP contribution < -0.4 is 0 Å². The molecular weight excluding hydrogens is 354 g/mol. The van der Waals surface area contributed by atoms with Crippen LogP contribution in [0.5, 0.6) is 0 Å². The Kier molecular flexibility index (Phi) is 8.89. The Morgan fingerprint density at radius 3 is 2.04 bits per heavy atom. The van der Waals surface area contributed by atoms with E-state index in [2.05, 4.69) is 14.3 Å². The van der Waals surface area contributed by atoms with Crippen LogP contribution in [-0.2, 0) is 23.8 Å². The highest BCUT2D eigenvalue weighted by Gasteiger charge is 2.45. The van der Waals surface area contributed by atoms with Crippen molar-refractivity contribution >= 4 is 18.0 Å². The van der Waals surface area contributed by atoms with Gasteiger partial charge in [0, 0.05) is 0 Å². The molecule has 146 valence electrons. The highest BCUT2D eigenvalue weighted by Crippen LogP contribution is 2.40. The van der Waals surface area contributed by atoms with Crippen molar-refractivity contribution in [2.45, 2.75) is 69.5 Å². The molecule has 0 amide bonds. The highest BCUT2D eigenvalue weighted by atomic mass is 32.2. The number of esters is 1. The van der Waals surface area contributed by atoms with Gasteiger partial charge in [-0.25, -0.2) is 9.68 Å². The van der Waals surface area contributed by atoms with E-state index in [9.17, 15) is 13.6 Å². The molecule has 0 bridgehead atoms. The number of rotatable bonds is 9. The second-order valence-electron chi connectivity index (χ2n) is 6.96. The summed E-state index contributed by atoms with van der Waals surface area (Å²) < 4.78 is 36.5. The van der Waals surface area contributed by atoms with Gasteiger partial charge in [-0.3, -0.25) is 0 Å². The zero-order chi connectivity index (χ0) is 18.1. The van der Waals surface area contributed by atoms with Crippen LogP contribution in [0.2, 0.25) is 0 Å². The van der Waals surface area contributed by atoms with E-state index < -0.39 is 23.3 Å². The average molecular weight is 382 g/mol. The van der Waals surface area contributed by atoms with Crippen LogP contribution in [0.4, 0.5) is 8.78 Å². The molecule has 0 saturated heterocycles. The summed E-state index contributed by atoms with van der Waals surface area (Å²) in [5, 5.41) is 0.0795. The molecule has 2 aliphatic rings. The van der Waals surface area contributed by atoms with Crippen molar-refractivity contribution in [1.29, 1.82) is 0 Å². The van der Waals surface area contributed by atoms with Crippen LogP contribution >= 0.6 is 12.0 Å². The van der Waals surface area contributed by atoms with E-state index in [0.29, 0.717) is 11.8 Å². The van der Waals surface area contributed by atoms with E-state index in [1.807, 2.05) is 0 Å². The average Bonchev–Trinajstić information content (AvgIpc) is 2.63.